The molecular weight excluding hydrogens is 168 g/mol. The average Bonchev–Trinajstić information content (AvgIpc) is 2.19. The van der Waals surface area contributed by atoms with Crippen molar-refractivity contribution in [2.24, 2.45) is 0 Å². The molecule has 1 aliphatic carbocycles. The highest BCUT2D eigenvalue weighted by molar-refractivity contribution is 5.57. The molecule has 0 fully saturated rings. The molecule has 1 aromatic rings. The van der Waals surface area contributed by atoms with Crippen molar-refractivity contribution in [2.75, 3.05) is 0 Å². The molecule has 0 atom stereocenters. The first-order chi connectivity index (χ1) is 6.81. The van der Waals surface area contributed by atoms with Gasteiger partial charge in [-0.3, -0.25) is 0 Å². The first kappa shape index (κ1) is 9.01. The van der Waals surface area contributed by atoms with Crippen molar-refractivity contribution in [3.8, 4) is 0 Å². The van der Waals surface area contributed by atoms with Gasteiger partial charge in [-0.1, -0.05) is 43.5 Å². The van der Waals surface area contributed by atoms with Crippen LogP contribution in [0, 0.1) is 0 Å². The standard InChI is InChI=1S/C14H14/c1-3-6-12-10-14-8-5-4-7-13(14)9-11(12)2/h3-4,6-7,9-10H,1-2,5,8H2/b12-6-. The van der Waals surface area contributed by atoms with Gasteiger partial charge >= 0.3 is 0 Å². The summed E-state index contributed by atoms with van der Waals surface area (Å²) < 4.78 is 0. The maximum atomic E-state index is 4.03. The molecule has 0 saturated carbocycles. The quantitative estimate of drug-likeness (QED) is 0.623. The fourth-order valence-electron chi connectivity index (χ4n) is 1.83. The van der Waals surface area contributed by atoms with Gasteiger partial charge in [-0.05, 0) is 40.5 Å². The maximum absolute atomic E-state index is 4.03. The molecule has 1 aliphatic rings. The molecule has 0 heteroatoms. The monoisotopic (exact) mass is 182 g/mol. The van der Waals surface area contributed by atoms with Crippen LogP contribution in [-0.2, 0) is 6.42 Å². The van der Waals surface area contributed by atoms with Crippen LogP contribution < -0.4 is 10.4 Å². The van der Waals surface area contributed by atoms with E-state index in [-0.39, 0.29) is 0 Å². The number of hydrogen-bond acceptors (Lipinski definition) is 0. The zero-order chi connectivity index (χ0) is 9.97. The first-order valence-electron chi connectivity index (χ1n) is 4.92. The van der Waals surface area contributed by atoms with E-state index in [1.807, 2.05) is 12.2 Å². The summed E-state index contributed by atoms with van der Waals surface area (Å²) in [6.07, 6.45) is 10.5. The molecule has 0 bridgehead atoms. The summed E-state index contributed by atoms with van der Waals surface area (Å²) in [6, 6.07) is 4.38. The largest absolute Gasteiger partial charge is 0.0990 e. The Labute approximate surface area is 84.6 Å². The molecule has 1 aromatic carbocycles. The minimum absolute atomic E-state index is 1.08. The van der Waals surface area contributed by atoms with Crippen LogP contribution >= 0.6 is 0 Å². The van der Waals surface area contributed by atoms with Gasteiger partial charge in [0.2, 0.25) is 0 Å². The summed E-state index contributed by atoms with van der Waals surface area (Å²) in [5.41, 5.74) is 2.75. The van der Waals surface area contributed by atoms with Crippen LogP contribution in [0.1, 0.15) is 17.5 Å². The van der Waals surface area contributed by atoms with E-state index >= 15 is 0 Å². The highest BCUT2D eigenvalue weighted by Crippen LogP contribution is 2.15. The fourth-order valence-corrected chi connectivity index (χ4v) is 1.83. The Balaban J connectivity index is 2.70. The Morgan fingerprint density at radius 1 is 1.29 bits per heavy atom. The van der Waals surface area contributed by atoms with E-state index < -0.39 is 0 Å². The smallest absolute Gasteiger partial charge is 0.0187 e. The fraction of sp³-hybridized carbons (Fsp3) is 0.143. The Morgan fingerprint density at radius 3 is 2.93 bits per heavy atom. The number of aryl methyl sites for hydroxylation is 1. The summed E-state index contributed by atoms with van der Waals surface area (Å²) in [4.78, 5) is 0. The second-order valence-electron chi connectivity index (χ2n) is 3.59. The molecule has 0 unspecified atom stereocenters. The third kappa shape index (κ3) is 1.56. The number of allylic oxidation sites excluding steroid dienone is 2. The van der Waals surface area contributed by atoms with Gasteiger partial charge in [-0.15, -0.1) is 0 Å². The Kier molecular flexibility index (Phi) is 2.36. The van der Waals surface area contributed by atoms with Gasteiger partial charge in [-0.25, -0.2) is 0 Å². The number of hydrogen-bond donors (Lipinski definition) is 0. The zero-order valence-electron chi connectivity index (χ0n) is 8.29. The molecule has 0 aromatic heterocycles. The molecule has 0 N–H and O–H groups in total. The topological polar surface area (TPSA) is 0 Å². The van der Waals surface area contributed by atoms with E-state index in [1.165, 1.54) is 16.3 Å². The molecule has 0 spiro atoms. The lowest BCUT2D eigenvalue weighted by Gasteiger charge is -2.09. The van der Waals surface area contributed by atoms with E-state index in [0.29, 0.717) is 0 Å². The molecule has 2 rings (SSSR count). The Morgan fingerprint density at radius 2 is 2.14 bits per heavy atom. The number of benzene rings is 1. The molecule has 0 aliphatic heterocycles. The minimum Gasteiger partial charge on any atom is -0.0990 e. The Hall–Kier alpha value is -1.56. The minimum atomic E-state index is 1.08. The lowest BCUT2D eigenvalue weighted by molar-refractivity contribution is 0.982. The van der Waals surface area contributed by atoms with E-state index in [0.717, 1.165) is 18.1 Å². The van der Waals surface area contributed by atoms with Crippen molar-refractivity contribution in [1.82, 2.24) is 0 Å². The molecule has 70 valence electrons. The summed E-state index contributed by atoms with van der Waals surface area (Å²) in [5, 5.41) is 2.27. The van der Waals surface area contributed by atoms with E-state index in [9.17, 15) is 0 Å². The molecule has 0 nitrogen and oxygen atoms in total. The Bertz CT molecular complexity index is 490. The normalized spacial score (nSPS) is 15.3. The van der Waals surface area contributed by atoms with Gasteiger partial charge in [0, 0.05) is 0 Å². The SMILES string of the molecule is C=C/C=c1/cc2c(cc1=C)C=CCC2. The van der Waals surface area contributed by atoms with Crippen molar-refractivity contribution in [1.29, 1.82) is 0 Å². The summed E-state index contributed by atoms with van der Waals surface area (Å²) in [5.74, 6) is 0. The van der Waals surface area contributed by atoms with Crippen molar-refractivity contribution in [3.63, 3.8) is 0 Å². The van der Waals surface area contributed by atoms with Crippen LogP contribution in [0.2, 0.25) is 0 Å². The second-order valence-corrected chi connectivity index (χ2v) is 3.59. The highest BCUT2D eigenvalue weighted by Gasteiger charge is 2.03. The predicted molar refractivity (Wildman–Crippen MR) is 63.2 cm³/mol. The zero-order valence-corrected chi connectivity index (χ0v) is 8.29. The van der Waals surface area contributed by atoms with Gasteiger partial charge in [0.1, 0.15) is 0 Å². The molecule has 0 amide bonds. The first-order valence-corrected chi connectivity index (χ1v) is 4.92. The van der Waals surface area contributed by atoms with E-state index in [1.54, 1.807) is 0 Å². The highest BCUT2D eigenvalue weighted by atomic mass is 14.1. The van der Waals surface area contributed by atoms with E-state index in [2.05, 4.69) is 37.4 Å². The molecule has 0 heterocycles. The number of rotatable bonds is 1. The third-order valence-electron chi connectivity index (χ3n) is 2.58. The molecular formula is C14H14. The van der Waals surface area contributed by atoms with E-state index in [4.69, 9.17) is 0 Å². The second kappa shape index (κ2) is 3.67. The number of fused-ring (bicyclic) bond motifs is 1. The summed E-state index contributed by atoms with van der Waals surface area (Å²) in [7, 11) is 0. The van der Waals surface area contributed by atoms with Gasteiger partial charge in [0.15, 0.2) is 0 Å². The lowest BCUT2D eigenvalue weighted by Crippen LogP contribution is -2.24. The van der Waals surface area contributed by atoms with Gasteiger partial charge < -0.3 is 0 Å². The summed E-state index contributed by atoms with van der Waals surface area (Å²) in [6.45, 7) is 7.75. The average molecular weight is 182 g/mol. The van der Waals surface area contributed by atoms with Crippen molar-refractivity contribution >= 4 is 18.7 Å². The van der Waals surface area contributed by atoms with Crippen LogP contribution in [0.4, 0.5) is 0 Å². The lowest BCUT2D eigenvalue weighted by atomic mass is 9.96. The van der Waals surface area contributed by atoms with Gasteiger partial charge in [0.25, 0.3) is 0 Å². The van der Waals surface area contributed by atoms with Crippen molar-refractivity contribution < 1.29 is 0 Å². The van der Waals surface area contributed by atoms with Gasteiger partial charge in [0.05, 0.1) is 0 Å². The van der Waals surface area contributed by atoms with Crippen molar-refractivity contribution in [3.05, 3.63) is 52.4 Å². The maximum Gasteiger partial charge on any atom is -0.0187 e. The van der Waals surface area contributed by atoms with Crippen LogP contribution in [0.5, 0.6) is 0 Å². The van der Waals surface area contributed by atoms with Crippen LogP contribution in [0.15, 0.2) is 30.9 Å². The molecule has 0 radical (unpaired) electrons. The van der Waals surface area contributed by atoms with Crippen LogP contribution in [0.25, 0.3) is 18.7 Å². The van der Waals surface area contributed by atoms with Crippen molar-refractivity contribution in [2.45, 2.75) is 12.8 Å². The van der Waals surface area contributed by atoms with Crippen LogP contribution in [-0.4, -0.2) is 0 Å². The predicted octanol–water partition coefficient (Wildman–Crippen LogP) is 2.02. The third-order valence-corrected chi connectivity index (χ3v) is 2.58. The van der Waals surface area contributed by atoms with Gasteiger partial charge in [-0.2, -0.15) is 0 Å². The van der Waals surface area contributed by atoms with Crippen LogP contribution in [0.3, 0.4) is 0 Å². The molecule has 0 saturated heterocycles. The molecule has 14 heavy (non-hydrogen) atoms. The summed E-state index contributed by atoms with van der Waals surface area (Å²) >= 11 is 0.